The molecule has 1 atom stereocenters. The molecular formula is C9H7Cl2NOS. The second-order valence-electron chi connectivity index (χ2n) is 2.95. The summed E-state index contributed by atoms with van der Waals surface area (Å²) >= 11 is 13.3. The molecular weight excluding hydrogens is 241 g/mol. The first kappa shape index (κ1) is 10.1. The van der Waals surface area contributed by atoms with Gasteiger partial charge in [-0.05, 0) is 18.4 Å². The van der Waals surface area contributed by atoms with Crippen molar-refractivity contribution in [2.45, 2.75) is 5.25 Å². The average Bonchev–Trinajstić information content (AvgIpc) is 2.40. The van der Waals surface area contributed by atoms with Crippen molar-refractivity contribution in [3.05, 3.63) is 27.7 Å². The third-order valence-corrected chi connectivity index (χ3v) is 3.54. The van der Waals surface area contributed by atoms with Crippen LogP contribution >= 0.6 is 35.0 Å². The van der Waals surface area contributed by atoms with Gasteiger partial charge in [0.1, 0.15) is 5.25 Å². The number of nitrogens with one attached hydrogen (secondary N) is 1. The van der Waals surface area contributed by atoms with Crippen molar-refractivity contribution in [2.24, 2.45) is 0 Å². The van der Waals surface area contributed by atoms with E-state index in [0.717, 1.165) is 11.3 Å². The zero-order chi connectivity index (χ0) is 10.3. The van der Waals surface area contributed by atoms with E-state index in [0.29, 0.717) is 10.0 Å². The number of anilines is 1. The van der Waals surface area contributed by atoms with E-state index >= 15 is 0 Å². The molecule has 5 heteroatoms. The summed E-state index contributed by atoms with van der Waals surface area (Å²) in [6.45, 7) is 0. The van der Waals surface area contributed by atoms with Gasteiger partial charge in [-0.25, -0.2) is 0 Å². The molecule has 0 aromatic heterocycles. The second kappa shape index (κ2) is 3.65. The van der Waals surface area contributed by atoms with Gasteiger partial charge in [0.2, 0.25) is 5.91 Å². The molecule has 0 aliphatic carbocycles. The fraction of sp³-hybridized carbons (Fsp3) is 0.222. The number of thioether (sulfide) groups is 1. The van der Waals surface area contributed by atoms with Crippen molar-refractivity contribution in [1.29, 1.82) is 0 Å². The quantitative estimate of drug-likeness (QED) is 0.825. The highest BCUT2D eigenvalue weighted by atomic mass is 35.5. The van der Waals surface area contributed by atoms with Crippen LogP contribution in [-0.2, 0) is 4.79 Å². The molecule has 0 saturated carbocycles. The van der Waals surface area contributed by atoms with Gasteiger partial charge in [0, 0.05) is 21.3 Å². The van der Waals surface area contributed by atoms with Gasteiger partial charge >= 0.3 is 0 Å². The molecule has 1 amide bonds. The van der Waals surface area contributed by atoms with Crippen LogP contribution < -0.4 is 5.32 Å². The molecule has 1 unspecified atom stereocenters. The lowest BCUT2D eigenvalue weighted by Gasteiger charge is -2.06. The fourth-order valence-corrected chi connectivity index (χ4v) is 2.94. The fourth-order valence-electron chi connectivity index (χ4n) is 1.51. The van der Waals surface area contributed by atoms with Crippen molar-refractivity contribution in [3.8, 4) is 0 Å². The Labute approximate surface area is 96.0 Å². The van der Waals surface area contributed by atoms with Crippen LogP contribution in [0.15, 0.2) is 12.1 Å². The molecule has 1 heterocycles. The number of benzene rings is 1. The first-order valence-electron chi connectivity index (χ1n) is 3.96. The maximum atomic E-state index is 11.5. The lowest BCUT2D eigenvalue weighted by Crippen LogP contribution is -2.08. The molecule has 74 valence electrons. The topological polar surface area (TPSA) is 29.1 Å². The van der Waals surface area contributed by atoms with Crippen LogP contribution in [0.25, 0.3) is 0 Å². The van der Waals surface area contributed by atoms with Gasteiger partial charge in [-0.15, -0.1) is 11.8 Å². The molecule has 1 aromatic carbocycles. The molecule has 2 rings (SSSR count). The van der Waals surface area contributed by atoms with Crippen LogP contribution in [0.3, 0.4) is 0 Å². The van der Waals surface area contributed by atoms with Crippen LogP contribution in [0.4, 0.5) is 5.69 Å². The molecule has 2 nitrogen and oxygen atoms in total. The summed E-state index contributed by atoms with van der Waals surface area (Å²) in [5, 5.41) is 3.62. The first-order chi connectivity index (χ1) is 6.63. The summed E-state index contributed by atoms with van der Waals surface area (Å²) in [4.78, 5) is 11.5. The Morgan fingerprint density at radius 3 is 2.79 bits per heavy atom. The smallest absolute Gasteiger partial charge is 0.242 e. The number of amides is 1. The Kier molecular flexibility index (Phi) is 2.64. The maximum absolute atomic E-state index is 11.5. The monoisotopic (exact) mass is 247 g/mol. The van der Waals surface area contributed by atoms with Crippen LogP contribution in [0.2, 0.25) is 10.0 Å². The summed E-state index contributed by atoms with van der Waals surface area (Å²) in [7, 11) is 0. The summed E-state index contributed by atoms with van der Waals surface area (Å²) in [5.74, 6) is -0.0309. The molecule has 0 fully saturated rings. The van der Waals surface area contributed by atoms with Crippen molar-refractivity contribution < 1.29 is 4.79 Å². The molecule has 0 radical (unpaired) electrons. The Hall–Kier alpha value is -0.380. The van der Waals surface area contributed by atoms with Gasteiger partial charge in [-0.1, -0.05) is 23.2 Å². The van der Waals surface area contributed by atoms with Crippen molar-refractivity contribution in [1.82, 2.24) is 0 Å². The van der Waals surface area contributed by atoms with Gasteiger partial charge in [0.15, 0.2) is 0 Å². The highest BCUT2D eigenvalue weighted by Crippen LogP contribution is 2.44. The normalized spacial score (nSPS) is 19.4. The Bertz CT molecular complexity index is 408. The van der Waals surface area contributed by atoms with E-state index in [1.54, 1.807) is 12.1 Å². The molecule has 1 aliphatic rings. The molecule has 0 saturated heterocycles. The number of rotatable bonds is 1. The SMILES string of the molecule is CSC1C(=O)Nc2cc(Cl)cc(Cl)c21. The van der Waals surface area contributed by atoms with Crippen molar-refractivity contribution in [2.75, 3.05) is 11.6 Å². The lowest BCUT2D eigenvalue weighted by atomic mass is 10.1. The number of halogens is 2. The van der Waals surface area contributed by atoms with Gasteiger partial charge in [-0.3, -0.25) is 4.79 Å². The first-order valence-corrected chi connectivity index (χ1v) is 6.00. The number of hydrogen-bond donors (Lipinski definition) is 1. The maximum Gasteiger partial charge on any atom is 0.242 e. The second-order valence-corrected chi connectivity index (χ2v) is 4.74. The third-order valence-electron chi connectivity index (χ3n) is 2.09. The van der Waals surface area contributed by atoms with Crippen LogP contribution in [0.1, 0.15) is 10.8 Å². The Balaban J connectivity index is 2.58. The number of carbonyl (C=O) groups is 1. The molecule has 14 heavy (non-hydrogen) atoms. The number of carbonyl (C=O) groups excluding carboxylic acids is 1. The average molecular weight is 248 g/mol. The molecule has 1 N–H and O–H groups in total. The minimum absolute atomic E-state index is 0.0309. The van der Waals surface area contributed by atoms with Gasteiger partial charge in [0.25, 0.3) is 0 Å². The summed E-state index contributed by atoms with van der Waals surface area (Å²) in [6.07, 6.45) is 1.88. The molecule has 0 spiro atoms. The standard InChI is InChI=1S/C9H7Cl2NOS/c1-14-8-7-5(11)2-4(10)3-6(7)12-9(8)13/h2-3,8H,1H3,(H,12,13). The van der Waals surface area contributed by atoms with E-state index in [-0.39, 0.29) is 11.2 Å². The lowest BCUT2D eigenvalue weighted by molar-refractivity contribution is -0.115. The van der Waals surface area contributed by atoms with Crippen molar-refractivity contribution in [3.63, 3.8) is 0 Å². The van der Waals surface area contributed by atoms with Gasteiger partial charge in [-0.2, -0.15) is 0 Å². The molecule has 1 aliphatic heterocycles. The van der Waals surface area contributed by atoms with E-state index in [4.69, 9.17) is 23.2 Å². The van der Waals surface area contributed by atoms with Gasteiger partial charge < -0.3 is 5.32 Å². The van der Waals surface area contributed by atoms with Gasteiger partial charge in [0.05, 0.1) is 0 Å². The van der Waals surface area contributed by atoms with Crippen LogP contribution in [-0.4, -0.2) is 12.2 Å². The highest BCUT2D eigenvalue weighted by Gasteiger charge is 2.32. The molecule has 1 aromatic rings. The van der Waals surface area contributed by atoms with E-state index in [2.05, 4.69) is 5.32 Å². The predicted octanol–water partition coefficient (Wildman–Crippen LogP) is 3.35. The molecule has 0 bridgehead atoms. The largest absolute Gasteiger partial charge is 0.324 e. The summed E-state index contributed by atoms with van der Waals surface area (Å²) in [6, 6.07) is 3.38. The van der Waals surface area contributed by atoms with E-state index in [9.17, 15) is 4.79 Å². The van der Waals surface area contributed by atoms with Crippen LogP contribution in [0.5, 0.6) is 0 Å². The van der Waals surface area contributed by atoms with E-state index in [1.165, 1.54) is 11.8 Å². The van der Waals surface area contributed by atoms with E-state index < -0.39 is 0 Å². The summed E-state index contributed by atoms with van der Waals surface area (Å²) < 4.78 is 0. The minimum Gasteiger partial charge on any atom is -0.324 e. The van der Waals surface area contributed by atoms with E-state index in [1.807, 2.05) is 6.26 Å². The van der Waals surface area contributed by atoms with Crippen molar-refractivity contribution >= 4 is 46.6 Å². The summed E-state index contributed by atoms with van der Waals surface area (Å²) in [5.41, 5.74) is 1.57. The Morgan fingerprint density at radius 1 is 1.43 bits per heavy atom. The number of hydrogen-bond acceptors (Lipinski definition) is 2. The minimum atomic E-state index is -0.213. The van der Waals surface area contributed by atoms with Crippen LogP contribution in [0, 0.1) is 0 Å². The zero-order valence-electron chi connectivity index (χ0n) is 7.30. The number of fused-ring (bicyclic) bond motifs is 1. The predicted molar refractivity (Wildman–Crippen MR) is 61.3 cm³/mol. The zero-order valence-corrected chi connectivity index (χ0v) is 9.63. The highest BCUT2D eigenvalue weighted by molar-refractivity contribution is 7.99. The Morgan fingerprint density at radius 2 is 2.14 bits per heavy atom. The third kappa shape index (κ3) is 1.49.